The molecule has 1 aromatic heterocycles. The Hall–Kier alpha value is -5.03. The highest BCUT2D eigenvalue weighted by atomic mass is 32.2. The topological polar surface area (TPSA) is 213 Å². The predicted octanol–water partition coefficient (Wildman–Crippen LogP) is 2.97. The van der Waals surface area contributed by atoms with Crippen LogP contribution in [0.15, 0.2) is 86.0 Å². The number of carbonyl (C=O) groups is 3. The number of hydrazone groups is 1. The van der Waals surface area contributed by atoms with Crippen LogP contribution in [-0.2, 0) is 29.8 Å². The van der Waals surface area contributed by atoms with Gasteiger partial charge in [-0.1, -0.05) is 30.4 Å². The Labute approximate surface area is 257 Å². The Morgan fingerprint density at radius 1 is 0.867 bits per heavy atom. The van der Waals surface area contributed by atoms with E-state index in [0.717, 1.165) is 16.8 Å². The van der Waals surface area contributed by atoms with Gasteiger partial charge in [0.2, 0.25) is 0 Å². The van der Waals surface area contributed by atoms with Gasteiger partial charge in [-0.2, -0.15) is 26.9 Å². The van der Waals surface area contributed by atoms with Gasteiger partial charge in [-0.25, -0.2) is 4.68 Å². The number of aryl methyl sites for hydroxylation is 2. The fourth-order valence-corrected chi connectivity index (χ4v) is 5.55. The van der Waals surface area contributed by atoms with Crippen molar-refractivity contribution in [3.05, 3.63) is 99.0 Å². The average molecular weight is 655 g/mol. The van der Waals surface area contributed by atoms with Crippen molar-refractivity contribution in [2.45, 2.75) is 37.5 Å². The van der Waals surface area contributed by atoms with Crippen molar-refractivity contribution in [3.8, 4) is 5.69 Å². The number of rotatable bonds is 9. The molecule has 0 atom stereocenters. The summed E-state index contributed by atoms with van der Waals surface area (Å²) in [7, 11) is -9.31. The summed E-state index contributed by atoms with van der Waals surface area (Å²) in [5.41, 5.74) is -0.404. The molecule has 2 aromatic carbocycles. The van der Waals surface area contributed by atoms with E-state index in [1.807, 2.05) is 0 Å². The molecule has 0 saturated carbocycles. The Kier molecular flexibility index (Phi) is 8.88. The van der Waals surface area contributed by atoms with E-state index in [1.54, 1.807) is 13.8 Å². The van der Waals surface area contributed by atoms with Crippen LogP contribution >= 0.6 is 0 Å². The number of carbonyl (C=O) groups excluding carboxylic acids is 3. The molecule has 16 heteroatoms. The van der Waals surface area contributed by atoms with E-state index in [1.165, 1.54) is 68.5 Å². The summed E-state index contributed by atoms with van der Waals surface area (Å²) in [4.78, 5) is 50.0. The second kappa shape index (κ2) is 12.2. The van der Waals surface area contributed by atoms with Crippen molar-refractivity contribution in [1.82, 2.24) is 9.78 Å². The standard InChI is InChI=1S/C29H26N4O10S2/c1-16-10-13-25(45(41,42)43)24(14-16)33-29(37)22(27(31-33)19(4)35)9-7-5-6-8-21-26(18(3)34)30-32(28(21)36)23-15-20(44(38,39)40)12-11-17(23)2/h5-15,30H,1-4H3,(H,38,39,40)(H,41,42,43)/b7-5+,8-6+,22-9?. The number of Topliss-reactive ketones (excluding diaryl/α,β-unsaturated/α-hetero) is 2. The number of hydrogen-bond donors (Lipinski definition) is 3. The Bertz CT molecular complexity index is 2180. The normalized spacial score (nSPS) is 15.1. The third-order valence-corrected chi connectivity index (χ3v) is 8.33. The van der Waals surface area contributed by atoms with Gasteiger partial charge >= 0.3 is 0 Å². The maximum Gasteiger partial charge on any atom is 0.296 e. The van der Waals surface area contributed by atoms with Crippen molar-refractivity contribution in [2.24, 2.45) is 5.10 Å². The zero-order valence-electron chi connectivity index (χ0n) is 24.2. The highest BCUT2D eigenvalue weighted by Gasteiger charge is 2.35. The molecule has 1 aliphatic heterocycles. The summed E-state index contributed by atoms with van der Waals surface area (Å²) in [6, 6.07) is 7.48. The third-order valence-electron chi connectivity index (χ3n) is 6.58. The van der Waals surface area contributed by atoms with Crippen LogP contribution in [0.3, 0.4) is 0 Å². The van der Waals surface area contributed by atoms with E-state index in [2.05, 4.69) is 10.2 Å². The van der Waals surface area contributed by atoms with E-state index in [4.69, 9.17) is 0 Å². The van der Waals surface area contributed by atoms with Gasteiger partial charge in [0, 0.05) is 13.8 Å². The van der Waals surface area contributed by atoms with Crippen LogP contribution < -0.4 is 10.6 Å². The third kappa shape index (κ3) is 6.73. The highest BCUT2D eigenvalue weighted by molar-refractivity contribution is 7.86. The number of hydrogen-bond acceptors (Lipinski definition) is 9. The van der Waals surface area contributed by atoms with Gasteiger partial charge in [-0.15, -0.1) is 0 Å². The minimum atomic E-state index is -4.74. The first kappa shape index (κ1) is 32.9. The number of ketones is 2. The summed E-state index contributed by atoms with van der Waals surface area (Å²) < 4.78 is 67.1. The molecule has 234 valence electrons. The summed E-state index contributed by atoms with van der Waals surface area (Å²) in [5, 5.41) is 7.37. The van der Waals surface area contributed by atoms with Crippen molar-refractivity contribution in [1.29, 1.82) is 0 Å². The minimum absolute atomic E-state index is 0.0669. The van der Waals surface area contributed by atoms with E-state index in [9.17, 15) is 45.1 Å². The second-order valence-electron chi connectivity index (χ2n) is 9.91. The van der Waals surface area contributed by atoms with Crippen molar-refractivity contribution >= 4 is 55.2 Å². The summed E-state index contributed by atoms with van der Waals surface area (Å²) in [6.45, 7) is 5.62. The van der Waals surface area contributed by atoms with E-state index in [0.29, 0.717) is 16.1 Å². The average Bonchev–Trinajstić information content (AvgIpc) is 3.44. The number of aromatic amines is 1. The van der Waals surface area contributed by atoms with Crippen LogP contribution in [0.1, 0.15) is 41.0 Å². The number of aromatic nitrogens is 2. The lowest BCUT2D eigenvalue weighted by molar-refractivity contribution is -0.115. The van der Waals surface area contributed by atoms with Crippen molar-refractivity contribution < 1.29 is 40.3 Å². The maximum absolute atomic E-state index is 13.3. The van der Waals surface area contributed by atoms with Gasteiger partial charge in [0.15, 0.2) is 11.6 Å². The second-order valence-corrected chi connectivity index (χ2v) is 12.7. The Morgan fingerprint density at radius 3 is 2.16 bits per heavy atom. The SMILES string of the molecule is CC(=O)C1=NN(c2cc(C)ccc2S(=O)(=O)O)C(=O)C1=C/C=C/C=C/c1c(C(C)=O)[nH]n(-c2cc(S(=O)(=O)O)ccc2C)c1=O. The quantitative estimate of drug-likeness (QED) is 0.133. The number of H-pyrrole nitrogens is 1. The molecule has 0 unspecified atom stereocenters. The molecule has 0 radical (unpaired) electrons. The van der Waals surface area contributed by atoms with Crippen LogP contribution in [0.2, 0.25) is 0 Å². The van der Waals surface area contributed by atoms with Gasteiger partial charge in [-0.05, 0) is 61.4 Å². The zero-order chi connectivity index (χ0) is 33.4. The Balaban J connectivity index is 1.69. The first-order chi connectivity index (χ1) is 20.9. The van der Waals surface area contributed by atoms with Gasteiger partial charge < -0.3 is 0 Å². The molecule has 0 aliphatic carbocycles. The molecule has 1 amide bonds. The van der Waals surface area contributed by atoms with Crippen LogP contribution in [0.25, 0.3) is 11.8 Å². The zero-order valence-corrected chi connectivity index (χ0v) is 25.8. The first-order valence-corrected chi connectivity index (χ1v) is 15.8. The number of allylic oxidation sites excluding steroid dienone is 4. The molecule has 4 rings (SSSR count). The minimum Gasteiger partial charge on any atom is -0.293 e. The monoisotopic (exact) mass is 654 g/mol. The lowest BCUT2D eigenvalue weighted by Crippen LogP contribution is -2.23. The highest BCUT2D eigenvalue weighted by Crippen LogP contribution is 2.31. The van der Waals surface area contributed by atoms with Gasteiger partial charge in [0.05, 0.1) is 27.4 Å². The molecular formula is C29H26N4O10S2. The van der Waals surface area contributed by atoms with Gasteiger partial charge in [0.1, 0.15) is 16.3 Å². The van der Waals surface area contributed by atoms with E-state index < -0.39 is 53.1 Å². The molecule has 0 bridgehead atoms. The number of nitrogens with zero attached hydrogens (tertiary/aromatic N) is 3. The van der Waals surface area contributed by atoms with Crippen molar-refractivity contribution in [3.63, 3.8) is 0 Å². The number of benzene rings is 2. The summed E-state index contributed by atoms with van der Waals surface area (Å²) in [5.74, 6) is -1.92. The van der Waals surface area contributed by atoms with E-state index >= 15 is 0 Å². The molecule has 1 aliphatic rings. The molecule has 0 spiro atoms. The summed E-state index contributed by atoms with van der Waals surface area (Å²) >= 11 is 0. The Morgan fingerprint density at radius 2 is 1.56 bits per heavy atom. The fourth-order valence-electron chi connectivity index (χ4n) is 4.40. The van der Waals surface area contributed by atoms with Crippen molar-refractivity contribution in [2.75, 3.05) is 5.01 Å². The molecule has 0 fully saturated rings. The van der Waals surface area contributed by atoms with Crippen LogP contribution in [-0.4, -0.2) is 58.9 Å². The molecule has 45 heavy (non-hydrogen) atoms. The molecular weight excluding hydrogens is 628 g/mol. The van der Waals surface area contributed by atoms with Gasteiger partial charge in [-0.3, -0.25) is 33.4 Å². The van der Waals surface area contributed by atoms with Crippen LogP contribution in [0.5, 0.6) is 0 Å². The van der Waals surface area contributed by atoms with E-state index in [-0.39, 0.29) is 33.9 Å². The predicted molar refractivity (Wildman–Crippen MR) is 164 cm³/mol. The van der Waals surface area contributed by atoms with Crippen LogP contribution in [0, 0.1) is 13.8 Å². The largest absolute Gasteiger partial charge is 0.296 e. The van der Waals surface area contributed by atoms with Crippen LogP contribution in [0.4, 0.5) is 5.69 Å². The maximum atomic E-state index is 13.3. The fraction of sp³-hybridized carbons (Fsp3) is 0.138. The first-order valence-electron chi connectivity index (χ1n) is 12.9. The molecule has 3 N–H and O–H groups in total. The lowest BCUT2D eigenvalue weighted by Gasteiger charge is -2.15. The molecule has 3 aromatic rings. The number of nitrogens with one attached hydrogen (secondary N) is 1. The van der Waals surface area contributed by atoms with Gasteiger partial charge in [0.25, 0.3) is 31.7 Å². The number of amides is 1. The summed E-state index contributed by atoms with van der Waals surface area (Å²) in [6.07, 6.45) is 6.67. The number of anilines is 1. The molecule has 2 heterocycles. The smallest absolute Gasteiger partial charge is 0.293 e. The lowest BCUT2D eigenvalue weighted by atomic mass is 10.1. The molecule has 14 nitrogen and oxygen atoms in total. The molecule has 0 saturated heterocycles.